The molecule has 0 saturated heterocycles. The zero-order chi connectivity index (χ0) is 20.9. The highest BCUT2D eigenvalue weighted by Gasteiger charge is 2.35. The van der Waals surface area contributed by atoms with Crippen LogP contribution >= 0.6 is 23.2 Å². The van der Waals surface area contributed by atoms with Gasteiger partial charge in [-0.2, -0.15) is 18.3 Å². The number of fused-ring (bicyclic) bond motifs is 1. The summed E-state index contributed by atoms with van der Waals surface area (Å²) >= 11 is 11.9. The Kier molecular flexibility index (Phi) is 4.63. The Hall–Kier alpha value is -2.84. The Morgan fingerprint density at radius 1 is 1.07 bits per heavy atom. The van der Waals surface area contributed by atoms with E-state index >= 15 is 0 Å². The van der Waals surface area contributed by atoms with E-state index < -0.39 is 11.9 Å². The molecule has 3 aromatic heterocycles. The van der Waals surface area contributed by atoms with Crippen molar-refractivity contribution in [3.63, 3.8) is 0 Å². The summed E-state index contributed by atoms with van der Waals surface area (Å²) in [5.41, 5.74) is 0.120. The quantitative estimate of drug-likeness (QED) is 0.456. The van der Waals surface area contributed by atoms with Crippen LogP contribution < -0.4 is 5.56 Å². The molecule has 0 radical (unpaired) electrons. The van der Waals surface area contributed by atoms with E-state index in [1.54, 1.807) is 13.0 Å². The van der Waals surface area contributed by atoms with Gasteiger partial charge in [-0.15, -0.1) is 0 Å². The number of hydrogen-bond donors (Lipinski definition) is 1. The van der Waals surface area contributed by atoms with Crippen LogP contribution in [0.15, 0.2) is 47.5 Å². The van der Waals surface area contributed by atoms with E-state index in [-0.39, 0.29) is 26.9 Å². The summed E-state index contributed by atoms with van der Waals surface area (Å²) in [4.78, 5) is 18.9. The Labute approximate surface area is 171 Å². The number of hydrogen-bond acceptors (Lipinski definition) is 3. The first kappa shape index (κ1) is 19.5. The van der Waals surface area contributed by atoms with Crippen molar-refractivity contribution < 1.29 is 13.2 Å². The molecule has 0 aliphatic heterocycles. The van der Waals surface area contributed by atoms with Gasteiger partial charge in [-0.1, -0.05) is 29.3 Å². The van der Waals surface area contributed by atoms with Crippen LogP contribution in [0.2, 0.25) is 10.0 Å². The van der Waals surface area contributed by atoms with Crippen LogP contribution in [0.5, 0.6) is 0 Å². The van der Waals surface area contributed by atoms with Crippen molar-refractivity contribution in [2.24, 2.45) is 0 Å². The molecule has 0 atom stereocenters. The van der Waals surface area contributed by atoms with Crippen molar-refractivity contribution in [3.05, 3.63) is 74.4 Å². The first-order valence-corrected chi connectivity index (χ1v) is 9.02. The molecule has 0 aliphatic rings. The molecule has 0 bridgehead atoms. The third-order valence-electron chi connectivity index (χ3n) is 4.48. The minimum Gasteiger partial charge on any atom is -0.329 e. The lowest BCUT2D eigenvalue weighted by Crippen LogP contribution is -2.14. The van der Waals surface area contributed by atoms with Crippen molar-refractivity contribution >= 4 is 28.8 Å². The number of benzene rings is 1. The van der Waals surface area contributed by atoms with Gasteiger partial charge >= 0.3 is 6.18 Å². The topological polar surface area (TPSA) is 63.1 Å². The van der Waals surface area contributed by atoms with Gasteiger partial charge in [0.15, 0.2) is 11.3 Å². The monoisotopic (exact) mass is 438 g/mol. The van der Waals surface area contributed by atoms with E-state index in [4.69, 9.17) is 23.2 Å². The second-order valence-electron chi connectivity index (χ2n) is 6.29. The lowest BCUT2D eigenvalue weighted by atomic mass is 10.1. The van der Waals surface area contributed by atoms with Gasteiger partial charge in [-0.3, -0.25) is 4.79 Å². The van der Waals surface area contributed by atoms with Crippen molar-refractivity contribution in [2.75, 3.05) is 0 Å². The molecule has 4 rings (SSSR count). The average molecular weight is 439 g/mol. The predicted molar refractivity (Wildman–Crippen MR) is 104 cm³/mol. The van der Waals surface area contributed by atoms with Crippen molar-refractivity contribution in [1.82, 2.24) is 19.6 Å². The lowest BCUT2D eigenvalue weighted by molar-refractivity contribution is -0.142. The molecule has 148 valence electrons. The highest BCUT2D eigenvalue weighted by Crippen LogP contribution is 2.36. The summed E-state index contributed by atoms with van der Waals surface area (Å²) < 4.78 is 41.9. The molecule has 4 aromatic rings. The Bertz CT molecular complexity index is 1310. The number of H-pyrrole nitrogens is 1. The molecular formula is C19H11Cl2F3N4O. The standard InChI is InChI=1S/C19H11Cl2F3N4O/c1-9-11(4-5-25-18(9)29)12-8-26-28-16(19(22,23)24)7-15(27-17(12)28)10-2-3-13(20)14(21)6-10/h2-8H,1H3,(H,25,29). The van der Waals surface area contributed by atoms with Gasteiger partial charge in [0.05, 0.1) is 21.9 Å². The third-order valence-corrected chi connectivity index (χ3v) is 5.22. The zero-order valence-corrected chi connectivity index (χ0v) is 16.2. The molecule has 0 fully saturated rings. The number of aromatic amines is 1. The first-order valence-electron chi connectivity index (χ1n) is 8.27. The van der Waals surface area contributed by atoms with Gasteiger partial charge in [-0.25, -0.2) is 9.50 Å². The highest BCUT2D eigenvalue weighted by atomic mass is 35.5. The molecular weight excluding hydrogens is 428 g/mol. The summed E-state index contributed by atoms with van der Waals surface area (Å²) in [6, 6.07) is 6.94. The normalized spacial score (nSPS) is 11.9. The number of nitrogens with zero attached hydrogens (tertiary/aromatic N) is 3. The van der Waals surface area contributed by atoms with Gasteiger partial charge in [0, 0.05) is 22.9 Å². The summed E-state index contributed by atoms with van der Waals surface area (Å²) in [7, 11) is 0. The molecule has 0 spiro atoms. The van der Waals surface area contributed by atoms with Gasteiger partial charge < -0.3 is 4.98 Å². The van der Waals surface area contributed by atoms with E-state index in [1.807, 2.05) is 0 Å². The van der Waals surface area contributed by atoms with Crippen LogP contribution in [0.3, 0.4) is 0 Å². The maximum Gasteiger partial charge on any atom is 0.433 e. The van der Waals surface area contributed by atoms with Crippen molar-refractivity contribution in [3.8, 4) is 22.4 Å². The number of alkyl halides is 3. The van der Waals surface area contributed by atoms with E-state index in [0.717, 1.165) is 10.6 Å². The van der Waals surface area contributed by atoms with Crippen LogP contribution in [-0.4, -0.2) is 19.6 Å². The summed E-state index contributed by atoms with van der Waals surface area (Å²) in [5.74, 6) is 0. The molecule has 0 aliphatic carbocycles. The summed E-state index contributed by atoms with van der Waals surface area (Å²) in [6.45, 7) is 1.57. The largest absolute Gasteiger partial charge is 0.433 e. The van der Waals surface area contributed by atoms with Crippen molar-refractivity contribution in [2.45, 2.75) is 13.1 Å². The average Bonchev–Trinajstić information content (AvgIpc) is 3.08. The summed E-state index contributed by atoms with van der Waals surface area (Å²) in [5, 5.41) is 4.34. The molecule has 0 amide bonds. The molecule has 1 aromatic carbocycles. The molecule has 0 unspecified atom stereocenters. The third kappa shape index (κ3) is 3.38. The van der Waals surface area contributed by atoms with E-state index in [1.165, 1.54) is 30.6 Å². The molecule has 5 nitrogen and oxygen atoms in total. The van der Waals surface area contributed by atoms with Gasteiger partial charge in [0.25, 0.3) is 5.56 Å². The molecule has 3 heterocycles. The van der Waals surface area contributed by atoms with Gasteiger partial charge in [0.2, 0.25) is 0 Å². The molecule has 29 heavy (non-hydrogen) atoms. The fourth-order valence-corrected chi connectivity index (χ4v) is 3.30. The lowest BCUT2D eigenvalue weighted by Gasteiger charge is -2.12. The SMILES string of the molecule is Cc1c(-c2cnn3c(C(F)(F)F)cc(-c4ccc(Cl)c(Cl)c4)nc23)cc[nH]c1=O. The minimum absolute atomic E-state index is 0.0328. The number of nitrogens with one attached hydrogen (secondary N) is 1. The molecule has 0 saturated carbocycles. The Morgan fingerprint density at radius 2 is 1.83 bits per heavy atom. The fourth-order valence-electron chi connectivity index (χ4n) is 3.01. The van der Waals surface area contributed by atoms with Crippen LogP contribution in [-0.2, 0) is 6.18 Å². The van der Waals surface area contributed by atoms with Gasteiger partial charge in [0.1, 0.15) is 0 Å². The minimum atomic E-state index is -4.68. The van der Waals surface area contributed by atoms with E-state index in [9.17, 15) is 18.0 Å². The summed E-state index contributed by atoms with van der Waals surface area (Å²) in [6.07, 6.45) is -2.00. The number of halogens is 5. The van der Waals surface area contributed by atoms with Crippen LogP contribution in [0.4, 0.5) is 13.2 Å². The van der Waals surface area contributed by atoms with Crippen LogP contribution in [0.25, 0.3) is 28.0 Å². The second-order valence-corrected chi connectivity index (χ2v) is 7.11. The van der Waals surface area contributed by atoms with Crippen LogP contribution in [0.1, 0.15) is 11.3 Å². The van der Waals surface area contributed by atoms with Crippen LogP contribution in [0, 0.1) is 6.92 Å². The Morgan fingerprint density at radius 3 is 2.52 bits per heavy atom. The highest BCUT2D eigenvalue weighted by molar-refractivity contribution is 6.42. The number of pyridine rings is 1. The second kappa shape index (κ2) is 6.89. The van der Waals surface area contributed by atoms with E-state index in [2.05, 4.69) is 15.1 Å². The van der Waals surface area contributed by atoms with E-state index in [0.29, 0.717) is 22.3 Å². The van der Waals surface area contributed by atoms with Gasteiger partial charge in [-0.05, 0) is 36.8 Å². The zero-order valence-electron chi connectivity index (χ0n) is 14.7. The number of rotatable bonds is 2. The fraction of sp³-hybridized carbons (Fsp3) is 0.105. The maximum absolute atomic E-state index is 13.7. The molecule has 1 N–H and O–H groups in total. The van der Waals surface area contributed by atoms with Crippen molar-refractivity contribution in [1.29, 1.82) is 0 Å². The molecule has 10 heteroatoms. The Balaban J connectivity index is 2.05. The smallest absolute Gasteiger partial charge is 0.329 e. The number of aromatic nitrogens is 4. The predicted octanol–water partition coefficient (Wildman–Crippen LogP) is 5.39. The first-order chi connectivity index (χ1) is 13.7. The maximum atomic E-state index is 13.7.